The highest BCUT2D eigenvalue weighted by Crippen LogP contribution is 2.32. The lowest BCUT2D eigenvalue weighted by atomic mass is 9.86. The Morgan fingerprint density at radius 3 is 2.62 bits per heavy atom. The molecular formula is C15H27N5O. The van der Waals surface area contributed by atoms with E-state index in [0.717, 1.165) is 50.4 Å². The van der Waals surface area contributed by atoms with Gasteiger partial charge in [0.1, 0.15) is 17.5 Å². The van der Waals surface area contributed by atoms with Crippen molar-refractivity contribution in [2.45, 2.75) is 64.5 Å². The number of hydrazine groups is 1. The molecule has 0 saturated carbocycles. The first-order chi connectivity index (χ1) is 10.1. The van der Waals surface area contributed by atoms with Crippen molar-refractivity contribution in [1.29, 1.82) is 0 Å². The first kappa shape index (κ1) is 16.0. The fourth-order valence-corrected chi connectivity index (χ4v) is 2.91. The van der Waals surface area contributed by atoms with Crippen molar-refractivity contribution in [3.05, 3.63) is 11.9 Å². The van der Waals surface area contributed by atoms with Gasteiger partial charge in [-0.2, -0.15) is 0 Å². The Bertz CT molecular complexity index is 439. The van der Waals surface area contributed by atoms with Crippen LogP contribution in [0.4, 0.5) is 11.6 Å². The van der Waals surface area contributed by atoms with Gasteiger partial charge in [-0.25, -0.2) is 15.8 Å². The molecule has 6 heteroatoms. The Morgan fingerprint density at radius 1 is 1.29 bits per heavy atom. The molecule has 1 aliphatic heterocycles. The zero-order chi connectivity index (χ0) is 15.3. The number of aromatic nitrogens is 2. The average molecular weight is 293 g/mol. The molecule has 1 aliphatic rings. The highest BCUT2D eigenvalue weighted by molar-refractivity contribution is 5.47. The second-order valence-corrected chi connectivity index (χ2v) is 5.63. The molecule has 0 bridgehead atoms. The molecule has 118 valence electrons. The molecule has 0 amide bonds. The van der Waals surface area contributed by atoms with Gasteiger partial charge >= 0.3 is 0 Å². The van der Waals surface area contributed by atoms with E-state index in [2.05, 4.69) is 34.6 Å². The van der Waals surface area contributed by atoms with Crippen molar-refractivity contribution in [2.24, 2.45) is 5.84 Å². The predicted molar refractivity (Wildman–Crippen MR) is 85.1 cm³/mol. The first-order valence-electron chi connectivity index (χ1n) is 7.89. The van der Waals surface area contributed by atoms with E-state index in [1.165, 1.54) is 0 Å². The van der Waals surface area contributed by atoms with Gasteiger partial charge in [-0.15, -0.1) is 0 Å². The van der Waals surface area contributed by atoms with Crippen molar-refractivity contribution < 1.29 is 4.74 Å². The van der Waals surface area contributed by atoms with E-state index in [1.54, 1.807) is 0 Å². The fourth-order valence-electron chi connectivity index (χ4n) is 2.91. The lowest BCUT2D eigenvalue weighted by Gasteiger charge is -2.40. The number of nitrogen functional groups attached to an aromatic ring is 1. The van der Waals surface area contributed by atoms with Crippen molar-refractivity contribution in [3.63, 3.8) is 0 Å². The Balaban J connectivity index is 2.10. The van der Waals surface area contributed by atoms with Crippen molar-refractivity contribution >= 4 is 11.6 Å². The van der Waals surface area contributed by atoms with E-state index in [4.69, 9.17) is 10.6 Å². The largest absolute Gasteiger partial charge is 0.375 e. The minimum Gasteiger partial charge on any atom is -0.375 e. The molecule has 1 unspecified atom stereocenters. The lowest BCUT2D eigenvalue weighted by molar-refractivity contribution is -0.0864. The van der Waals surface area contributed by atoms with E-state index >= 15 is 0 Å². The van der Waals surface area contributed by atoms with E-state index in [1.807, 2.05) is 13.0 Å². The van der Waals surface area contributed by atoms with Gasteiger partial charge in [0.15, 0.2) is 0 Å². The fraction of sp³-hybridized carbons (Fsp3) is 0.733. The van der Waals surface area contributed by atoms with Crippen LogP contribution in [0.3, 0.4) is 0 Å². The minimum atomic E-state index is 0.00544. The average Bonchev–Trinajstić information content (AvgIpc) is 2.54. The first-order valence-corrected chi connectivity index (χ1v) is 7.89. The molecular weight excluding hydrogens is 266 g/mol. The molecule has 2 rings (SSSR count). The van der Waals surface area contributed by atoms with E-state index in [9.17, 15) is 0 Å². The lowest BCUT2D eigenvalue weighted by Crippen LogP contribution is -2.43. The monoisotopic (exact) mass is 293 g/mol. The summed E-state index contributed by atoms with van der Waals surface area (Å²) >= 11 is 0. The SMILES string of the molecule is CCc1nc(NN)cc(NC2CCOC(CC)(CC)C2)n1. The number of hydrogen-bond acceptors (Lipinski definition) is 6. The molecule has 6 nitrogen and oxygen atoms in total. The third-order valence-electron chi connectivity index (χ3n) is 4.37. The Labute approximate surface area is 126 Å². The van der Waals surface area contributed by atoms with Crippen LogP contribution in [0.25, 0.3) is 0 Å². The number of nitrogens with one attached hydrogen (secondary N) is 2. The maximum absolute atomic E-state index is 6.02. The molecule has 1 fully saturated rings. The zero-order valence-corrected chi connectivity index (χ0v) is 13.3. The summed E-state index contributed by atoms with van der Waals surface area (Å²) in [5.41, 5.74) is 2.61. The second-order valence-electron chi connectivity index (χ2n) is 5.63. The molecule has 0 aromatic carbocycles. The van der Waals surface area contributed by atoms with Gasteiger partial charge in [-0.3, -0.25) is 0 Å². The second kappa shape index (κ2) is 7.04. The van der Waals surface area contributed by atoms with Crippen LogP contribution in [0.2, 0.25) is 0 Å². The summed E-state index contributed by atoms with van der Waals surface area (Å²) in [7, 11) is 0. The number of rotatable bonds is 6. The molecule has 1 atom stereocenters. The van der Waals surface area contributed by atoms with Crippen LogP contribution in [0.1, 0.15) is 52.3 Å². The number of ether oxygens (including phenoxy) is 1. The Kier molecular flexibility index (Phi) is 5.36. The smallest absolute Gasteiger partial charge is 0.145 e. The molecule has 2 heterocycles. The van der Waals surface area contributed by atoms with Crippen molar-refractivity contribution in [2.75, 3.05) is 17.3 Å². The zero-order valence-electron chi connectivity index (χ0n) is 13.3. The van der Waals surface area contributed by atoms with Gasteiger partial charge < -0.3 is 15.5 Å². The number of nitrogens with zero attached hydrogens (tertiary/aromatic N) is 2. The number of nitrogens with two attached hydrogens (primary N) is 1. The summed E-state index contributed by atoms with van der Waals surface area (Å²) in [5, 5.41) is 3.53. The van der Waals surface area contributed by atoms with Crippen LogP contribution >= 0.6 is 0 Å². The molecule has 21 heavy (non-hydrogen) atoms. The molecule has 0 spiro atoms. The number of anilines is 2. The van der Waals surface area contributed by atoms with Crippen LogP contribution in [0, 0.1) is 0 Å². The van der Waals surface area contributed by atoms with Crippen LogP contribution in [0.5, 0.6) is 0 Å². The molecule has 1 saturated heterocycles. The van der Waals surface area contributed by atoms with Crippen LogP contribution in [-0.4, -0.2) is 28.2 Å². The molecule has 4 N–H and O–H groups in total. The third kappa shape index (κ3) is 3.83. The maximum Gasteiger partial charge on any atom is 0.145 e. The van der Waals surface area contributed by atoms with Gasteiger partial charge in [0.05, 0.1) is 5.60 Å². The van der Waals surface area contributed by atoms with Gasteiger partial charge in [0.25, 0.3) is 0 Å². The molecule has 0 aliphatic carbocycles. The number of hydrogen-bond donors (Lipinski definition) is 3. The van der Waals surface area contributed by atoms with Crippen LogP contribution < -0.4 is 16.6 Å². The third-order valence-corrected chi connectivity index (χ3v) is 4.37. The highest BCUT2D eigenvalue weighted by atomic mass is 16.5. The normalized spacial score (nSPS) is 21.0. The Morgan fingerprint density at radius 2 is 2.00 bits per heavy atom. The van der Waals surface area contributed by atoms with Crippen molar-refractivity contribution in [3.8, 4) is 0 Å². The maximum atomic E-state index is 6.02. The summed E-state index contributed by atoms with van der Waals surface area (Å²) in [6.45, 7) is 7.23. The Hall–Kier alpha value is -1.40. The van der Waals surface area contributed by atoms with Crippen LogP contribution in [-0.2, 0) is 11.2 Å². The quantitative estimate of drug-likeness (QED) is 0.552. The van der Waals surface area contributed by atoms with Gasteiger partial charge in [0.2, 0.25) is 0 Å². The van der Waals surface area contributed by atoms with Crippen LogP contribution in [0.15, 0.2) is 6.07 Å². The van der Waals surface area contributed by atoms with Crippen molar-refractivity contribution in [1.82, 2.24) is 9.97 Å². The molecule has 1 aromatic heterocycles. The van der Waals surface area contributed by atoms with E-state index < -0.39 is 0 Å². The summed E-state index contributed by atoms with van der Waals surface area (Å²) in [5.74, 6) is 7.75. The summed E-state index contributed by atoms with van der Waals surface area (Å²) in [6, 6.07) is 2.23. The summed E-state index contributed by atoms with van der Waals surface area (Å²) < 4.78 is 6.02. The predicted octanol–water partition coefficient (Wildman–Crippen LogP) is 2.47. The topological polar surface area (TPSA) is 85.1 Å². The molecule has 1 aromatic rings. The van der Waals surface area contributed by atoms with E-state index in [-0.39, 0.29) is 5.60 Å². The standard InChI is InChI=1S/C15H27N5O/c1-4-12-18-13(9-14(19-12)20-16)17-11-7-8-21-15(5-2,6-3)10-11/h9,11H,4-8,10,16H2,1-3H3,(H2,17,18,19,20). The van der Waals surface area contributed by atoms with Gasteiger partial charge in [-0.05, 0) is 25.7 Å². The highest BCUT2D eigenvalue weighted by Gasteiger charge is 2.34. The minimum absolute atomic E-state index is 0.00544. The number of aryl methyl sites for hydroxylation is 1. The van der Waals surface area contributed by atoms with E-state index in [0.29, 0.717) is 11.9 Å². The van der Waals surface area contributed by atoms with Gasteiger partial charge in [-0.1, -0.05) is 20.8 Å². The summed E-state index contributed by atoms with van der Waals surface area (Å²) in [6.07, 6.45) is 4.88. The summed E-state index contributed by atoms with van der Waals surface area (Å²) in [4.78, 5) is 8.85. The molecule has 0 radical (unpaired) electrons. The van der Waals surface area contributed by atoms with Gasteiger partial charge in [0, 0.05) is 25.1 Å².